The lowest BCUT2D eigenvalue weighted by Crippen LogP contribution is -2.69. The van der Waals surface area contributed by atoms with Crippen LogP contribution in [0.5, 0.6) is 0 Å². The lowest BCUT2D eigenvalue weighted by Gasteiger charge is -2.71. The van der Waals surface area contributed by atoms with Crippen LogP contribution in [0, 0.1) is 142 Å². The average Bonchev–Trinajstić information content (AvgIpc) is 0.680. The van der Waals surface area contributed by atoms with Crippen molar-refractivity contribution in [2.75, 3.05) is 39.6 Å². The van der Waals surface area contributed by atoms with Crippen LogP contribution in [0.2, 0.25) is 0 Å². The Balaban J connectivity index is 0.000000202. The average molecular weight is 1260 g/mol. The minimum atomic E-state index is -0.588. The highest BCUT2D eigenvalue weighted by molar-refractivity contribution is 5.75. The molecule has 4 bridgehead atoms. The molecule has 3 N–H and O–H groups in total. The number of carbonyl (C=O) groups is 2. The third kappa shape index (κ3) is 11.0. The number of carboxylic acids is 1. The number of allylic oxidation sites excluding steroid dienone is 2. The molecule has 10 aliphatic rings. The van der Waals surface area contributed by atoms with E-state index in [0.717, 1.165) is 96.4 Å². The first kappa shape index (κ1) is 71.2. The zero-order valence-corrected chi connectivity index (χ0v) is 62.1. The van der Waals surface area contributed by atoms with Gasteiger partial charge in [-0.25, -0.2) is 0 Å². The van der Waals surface area contributed by atoms with Crippen molar-refractivity contribution >= 4 is 11.9 Å². The number of hydrogen-bond acceptors (Lipinski definition) is 8. The Morgan fingerprint density at radius 2 is 1.01 bits per heavy atom. The van der Waals surface area contributed by atoms with Crippen LogP contribution in [0.15, 0.2) is 53.6 Å². The monoisotopic (exact) mass is 1260 g/mol. The molecule has 514 valence electrons. The second kappa shape index (κ2) is 24.5. The normalized spacial score (nSPS) is 45.5. The molecular formula is C82H133NO8. The first-order valence-corrected chi connectivity index (χ1v) is 37.1. The van der Waals surface area contributed by atoms with E-state index in [4.69, 9.17) is 29.4 Å². The molecule has 1 aromatic rings. The Morgan fingerprint density at radius 1 is 0.582 bits per heavy atom. The summed E-state index contributed by atoms with van der Waals surface area (Å²) in [5, 5.41) is 10.9. The maximum Gasteiger partial charge on any atom is 0.310 e. The van der Waals surface area contributed by atoms with Crippen molar-refractivity contribution < 1.29 is 38.4 Å². The van der Waals surface area contributed by atoms with Crippen molar-refractivity contribution in [1.82, 2.24) is 0 Å². The Hall–Kier alpha value is -2.56. The van der Waals surface area contributed by atoms with E-state index in [1.807, 2.05) is 18.2 Å². The van der Waals surface area contributed by atoms with Gasteiger partial charge >= 0.3 is 11.9 Å². The van der Waals surface area contributed by atoms with Gasteiger partial charge in [-0.05, 0) is 191 Å². The molecule has 2 aliphatic heterocycles. The summed E-state index contributed by atoms with van der Waals surface area (Å²) in [5.74, 6) is 3.98. The second-order valence-corrected chi connectivity index (χ2v) is 38.6. The molecule has 8 aliphatic carbocycles. The van der Waals surface area contributed by atoms with E-state index < -0.39 is 5.97 Å². The first-order chi connectivity index (χ1) is 42.1. The highest BCUT2D eigenvalue weighted by Gasteiger charge is 2.74. The van der Waals surface area contributed by atoms with Crippen molar-refractivity contribution in [2.45, 2.75) is 261 Å². The summed E-state index contributed by atoms with van der Waals surface area (Å²) in [6.07, 6.45) is 18.6. The van der Waals surface area contributed by atoms with Gasteiger partial charge in [-0.2, -0.15) is 0 Å². The molecule has 9 heteroatoms. The topological polar surface area (TPSA) is 127 Å². The fraction of sp³-hybridized carbons (Fsp3) is 0.854. The van der Waals surface area contributed by atoms with Gasteiger partial charge in [-0.15, -0.1) is 0 Å². The molecule has 11 rings (SSSR count). The van der Waals surface area contributed by atoms with Gasteiger partial charge in [0, 0.05) is 27.7 Å². The summed E-state index contributed by atoms with van der Waals surface area (Å²) < 4.78 is 33.4. The van der Waals surface area contributed by atoms with Crippen LogP contribution in [-0.4, -0.2) is 74.9 Å². The number of rotatable bonds is 14. The van der Waals surface area contributed by atoms with Gasteiger partial charge < -0.3 is 34.5 Å². The van der Waals surface area contributed by atoms with Gasteiger partial charge in [-0.1, -0.05) is 213 Å². The van der Waals surface area contributed by atoms with Crippen LogP contribution in [0.3, 0.4) is 0 Å². The summed E-state index contributed by atoms with van der Waals surface area (Å²) in [6, 6.07) is 10.2. The maximum atomic E-state index is 14.7. The number of carboxylic acid groups (broad SMARTS) is 1. The fourth-order valence-corrected chi connectivity index (χ4v) is 24.5. The molecule has 0 spiro atoms. The number of hydrogen-bond donors (Lipinski definition) is 2. The molecule has 24 atom stereocenters. The highest BCUT2D eigenvalue weighted by Crippen LogP contribution is 2.78. The lowest BCUT2D eigenvalue weighted by atomic mass is 9.34. The Bertz CT molecular complexity index is 2870. The summed E-state index contributed by atoms with van der Waals surface area (Å²) in [5.41, 5.74) is 10.4. The fourth-order valence-electron chi connectivity index (χ4n) is 24.5. The summed E-state index contributed by atoms with van der Waals surface area (Å²) in [7, 11) is 0. The molecule has 8 fully saturated rings. The third-order valence-corrected chi connectivity index (χ3v) is 31.5. The molecule has 6 saturated carbocycles. The van der Waals surface area contributed by atoms with Gasteiger partial charge in [0.05, 0.1) is 63.7 Å². The third-order valence-electron chi connectivity index (χ3n) is 31.5. The lowest BCUT2D eigenvalue weighted by molar-refractivity contribution is -0.253. The summed E-state index contributed by atoms with van der Waals surface area (Å²) in [6.45, 7) is 59.1. The summed E-state index contributed by atoms with van der Waals surface area (Å²) in [4.78, 5) is 28.0. The summed E-state index contributed by atoms with van der Waals surface area (Å²) >= 11 is 0. The minimum absolute atomic E-state index is 0.00258. The first-order valence-electron chi connectivity index (χ1n) is 37.1. The van der Waals surface area contributed by atoms with Gasteiger partial charge in [0.2, 0.25) is 0 Å². The number of nitrogens with two attached hydrogens (primary N) is 1. The smallest absolute Gasteiger partial charge is 0.310 e. The molecule has 0 amide bonds. The molecule has 2 heterocycles. The van der Waals surface area contributed by atoms with Crippen LogP contribution >= 0.6 is 0 Å². The largest absolute Gasteiger partial charge is 0.481 e. The van der Waals surface area contributed by atoms with Crippen LogP contribution in [0.1, 0.15) is 242 Å². The molecule has 0 unspecified atom stereocenters. The Labute approximate surface area is 555 Å². The Kier molecular flexibility index (Phi) is 19.1. The van der Waals surface area contributed by atoms with Crippen LogP contribution < -0.4 is 5.73 Å². The van der Waals surface area contributed by atoms with Crippen LogP contribution in [0.25, 0.3) is 0 Å². The van der Waals surface area contributed by atoms with Crippen molar-refractivity contribution in [3.8, 4) is 0 Å². The van der Waals surface area contributed by atoms with Gasteiger partial charge in [0.1, 0.15) is 6.61 Å². The number of esters is 1. The van der Waals surface area contributed by atoms with Gasteiger partial charge in [0.25, 0.3) is 0 Å². The van der Waals surface area contributed by atoms with Crippen molar-refractivity contribution in [2.24, 2.45) is 148 Å². The minimum Gasteiger partial charge on any atom is -0.481 e. The van der Waals surface area contributed by atoms with E-state index in [9.17, 15) is 14.7 Å². The van der Waals surface area contributed by atoms with Gasteiger partial charge in [0.15, 0.2) is 0 Å². The number of ether oxygens (including phenoxy) is 5. The van der Waals surface area contributed by atoms with Gasteiger partial charge in [-0.3, -0.25) is 9.59 Å². The zero-order valence-electron chi connectivity index (χ0n) is 62.1. The van der Waals surface area contributed by atoms with E-state index >= 15 is 0 Å². The predicted octanol–water partition coefficient (Wildman–Crippen LogP) is 18.9. The van der Waals surface area contributed by atoms with E-state index in [1.54, 1.807) is 11.1 Å². The number of benzene rings is 1. The molecule has 9 nitrogen and oxygen atoms in total. The molecule has 1 aromatic carbocycles. The van der Waals surface area contributed by atoms with E-state index in [2.05, 4.69) is 184 Å². The molecular weight excluding hydrogens is 1130 g/mol. The van der Waals surface area contributed by atoms with E-state index in [0.29, 0.717) is 78.3 Å². The number of aliphatic carboxylic acids is 1. The van der Waals surface area contributed by atoms with Crippen molar-refractivity contribution in [1.29, 1.82) is 0 Å². The second-order valence-electron chi connectivity index (χ2n) is 38.6. The molecule has 0 aromatic heterocycles. The van der Waals surface area contributed by atoms with E-state index in [-0.39, 0.29) is 101 Å². The molecule has 91 heavy (non-hydrogen) atoms. The van der Waals surface area contributed by atoms with Crippen molar-refractivity contribution in [3.63, 3.8) is 0 Å². The SMILES string of the molecule is CC(C)[C@@H](C)[C@@]1(C)CC[C@]2(C)[C@H]3CC[C@@H]4[C@@]5(COC[C@]4(C)[C@@H](OC[C@H](C)C(C)(C)C)[C@H](C)C5)C3=CC[C@@]2(C)[C@@H]1C(=O)OCc1ccccc1.CC(C)[C@@H](C)[C@@]1(C)CC[C@]2(C)[C@H]3CC[C@@H]4[C@@]5(COC[C@]4(C)[C@@H](OC[C@H](N)C(C)(C)C)[C@H](C)C5)C3=CC[C@@]2(C)[C@@H]1C(=O)O. The van der Waals surface area contributed by atoms with E-state index in [1.165, 1.54) is 19.3 Å². The van der Waals surface area contributed by atoms with Crippen LogP contribution in [-0.2, 0) is 39.9 Å². The quantitative estimate of drug-likeness (QED) is 0.138. The number of fused-ring (bicyclic) bond motifs is 6. The molecule has 2 saturated heterocycles. The van der Waals surface area contributed by atoms with Crippen LogP contribution in [0.4, 0.5) is 0 Å². The standard InChI is InChI=1S/C45H70O4.C37H63NO4/c1-29(2)32(5)41(9)22-23-43(11)34-18-19-36-42(10)27-47-28-45(36,24-30(3)38(42)48-25-31(4)40(6,7)8)35(34)20-21-44(43,12)37(41)39(46)49-26-33-16-14-13-15-17-33;1-22(2)24(4)33(8)16-17-35(10)25-12-13-27-34(9)20-41-21-37(27,26(25)14-15-36(35,11)29(33)31(39)40)18-23(3)30(34)42-19-28(38)32(5,6)7/h13-17,20,29-32,34,36-38H,18-19,21-28H2,1-12H3;14,22-25,27-30H,12-13,15-21,38H2,1-11H3,(H,39,40)/t30-,31+,32-,34+,36+,37-,38+,41-,42+,43-,44+,45+;23-,24-,25+,27+,28+,29-,30+,33-,34+,35-,36+,37+/m11/s1. The predicted molar refractivity (Wildman–Crippen MR) is 370 cm³/mol. The highest BCUT2D eigenvalue weighted by atomic mass is 16.5. The Morgan fingerprint density at radius 3 is 1.43 bits per heavy atom. The maximum absolute atomic E-state index is 14.7. The number of carbonyl (C=O) groups excluding carboxylic acids is 1. The van der Waals surface area contributed by atoms with Crippen molar-refractivity contribution in [3.05, 3.63) is 59.2 Å². The molecule has 0 radical (unpaired) electrons. The zero-order chi connectivity index (χ0) is 67.0.